The van der Waals surface area contributed by atoms with Crippen LogP contribution in [0, 0.1) is 5.41 Å². The van der Waals surface area contributed by atoms with Crippen LogP contribution in [0.5, 0.6) is 11.5 Å². The maximum Gasteiger partial charge on any atom is 0.342 e. The van der Waals surface area contributed by atoms with Crippen LogP contribution in [0.15, 0.2) is 53.4 Å². The zero-order valence-corrected chi connectivity index (χ0v) is 19.6. The van der Waals surface area contributed by atoms with Crippen molar-refractivity contribution in [2.45, 2.75) is 10.3 Å². The van der Waals surface area contributed by atoms with Crippen LogP contribution < -0.4 is 10.5 Å². The number of benzene rings is 2. The number of guanidine groups is 1. The normalized spacial score (nSPS) is 12.4. The van der Waals surface area contributed by atoms with Gasteiger partial charge in [-0.3, -0.25) is 24.2 Å². The molecule has 16 heteroatoms. The third-order valence-electron chi connectivity index (χ3n) is 4.22. The molecule has 0 heterocycles. The summed E-state index contributed by atoms with van der Waals surface area (Å²) in [4.78, 5) is 49.9. The highest BCUT2D eigenvalue weighted by atomic mass is 32.2. The molecule has 13 nitrogen and oxygen atoms in total. The molecule has 0 aliphatic heterocycles. The first-order valence-corrected chi connectivity index (χ1v) is 14.1. The molecule has 1 amide bonds. The monoisotopic (exact) mass is 521 g/mol. The number of nitrogens with zero attached hydrogens (tertiary/aromatic N) is 1. The van der Waals surface area contributed by atoms with Gasteiger partial charge in [-0.1, -0.05) is 18.2 Å². The van der Waals surface area contributed by atoms with Gasteiger partial charge in [-0.2, -0.15) is 0 Å². The number of hydrogen-bond acceptors (Lipinski definition) is 7. The van der Waals surface area contributed by atoms with Gasteiger partial charge in [0.2, 0.25) is 0 Å². The lowest BCUT2D eigenvalue weighted by molar-refractivity contribution is 0.0846. The summed E-state index contributed by atoms with van der Waals surface area (Å²) in [6.45, 7) is -1.29. The van der Waals surface area contributed by atoms with Gasteiger partial charge in [0.05, 0.1) is 6.54 Å². The number of carbonyl (C=O) groups is 1. The second-order valence-corrected chi connectivity index (χ2v) is 12.8. The zero-order chi connectivity index (χ0) is 25.2. The van der Waals surface area contributed by atoms with Crippen molar-refractivity contribution >= 4 is 36.9 Å². The molecule has 0 saturated heterocycles. The predicted octanol–water partition coefficient (Wildman–Crippen LogP) is 0.900. The largest absolute Gasteiger partial charge is 0.456 e. The second kappa shape index (κ2) is 9.74. The van der Waals surface area contributed by atoms with Crippen molar-refractivity contribution in [3.8, 4) is 11.5 Å². The molecule has 0 spiro atoms. The maximum absolute atomic E-state index is 12.9. The van der Waals surface area contributed by atoms with Crippen LogP contribution in [0.3, 0.4) is 0 Å². The molecule has 0 aliphatic rings. The summed E-state index contributed by atoms with van der Waals surface area (Å²) in [7, 11) is -14.8. The summed E-state index contributed by atoms with van der Waals surface area (Å²) in [6, 6.07) is 11.3. The molecule has 180 valence electrons. The summed E-state index contributed by atoms with van der Waals surface area (Å²) in [5.74, 6) is -2.11. The third-order valence-corrected chi connectivity index (χ3v) is 9.02. The molecule has 7 N–H and O–H groups in total. The van der Waals surface area contributed by atoms with Gasteiger partial charge in [-0.25, -0.2) is 8.42 Å². The number of amides is 1. The summed E-state index contributed by atoms with van der Waals surface area (Å²) >= 11 is 0. The highest BCUT2D eigenvalue weighted by Crippen LogP contribution is 2.60. The maximum atomic E-state index is 12.9. The molecular weight excluding hydrogens is 500 g/mol. The Hall–Kier alpha value is -2.57. The number of para-hydroxylation sites is 1. The van der Waals surface area contributed by atoms with E-state index in [-0.39, 0.29) is 16.2 Å². The minimum absolute atomic E-state index is 0.127. The fourth-order valence-corrected chi connectivity index (χ4v) is 5.78. The van der Waals surface area contributed by atoms with Gasteiger partial charge in [-0.05, 0) is 30.3 Å². The highest BCUT2D eigenvalue weighted by molar-refractivity contribution is 7.90. The lowest BCUT2D eigenvalue weighted by atomic mass is 10.2. The Labute approximate surface area is 188 Å². The molecule has 0 unspecified atom stereocenters. The lowest BCUT2D eigenvalue weighted by Gasteiger charge is -2.27. The van der Waals surface area contributed by atoms with E-state index in [0.29, 0.717) is 5.75 Å². The number of hydrogen-bond donors (Lipinski definition) is 6. The topological polar surface area (TPSA) is 229 Å². The molecule has 0 radical (unpaired) electrons. The van der Waals surface area contributed by atoms with Crippen molar-refractivity contribution in [1.82, 2.24) is 4.90 Å². The van der Waals surface area contributed by atoms with Gasteiger partial charge in [0.15, 0.2) is 21.2 Å². The Morgan fingerprint density at radius 3 is 2.09 bits per heavy atom. The first-order chi connectivity index (χ1) is 15.0. The van der Waals surface area contributed by atoms with Crippen molar-refractivity contribution in [1.29, 1.82) is 5.41 Å². The summed E-state index contributed by atoms with van der Waals surface area (Å²) in [5, 5.41) is 4.89. The van der Waals surface area contributed by atoms with Crippen LogP contribution in [-0.4, -0.2) is 63.0 Å². The van der Waals surface area contributed by atoms with Crippen LogP contribution in [0.1, 0.15) is 10.4 Å². The number of nitrogens with one attached hydrogen (secondary N) is 1. The molecule has 0 bridgehead atoms. The number of nitrogens with two attached hydrogens (primary N) is 1. The zero-order valence-electron chi connectivity index (χ0n) is 17.0. The lowest BCUT2D eigenvalue weighted by Crippen LogP contribution is -2.45. The van der Waals surface area contributed by atoms with Gasteiger partial charge in [0.1, 0.15) is 16.4 Å². The van der Waals surface area contributed by atoms with Crippen molar-refractivity contribution in [3.63, 3.8) is 0 Å². The fraction of sp³-hybridized carbons (Fsp3) is 0.176. The Balaban J connectivity index is 2.50. The average molecular weight is 521 g/mol. The van der Waals surface area contributed by atoms with Crippen molar-refractivity contribution in [2.24, 2.45) is 5.73 Å². The molecule has 33 heavy (non-hydrogen) atoms. The van der Waals surface area contributed by atoms with E-state index in [1.165, 1.54) is 0 Å². The molecule has 0 fully saturated rings. The van der Waals surface area contributed by atoms with Crippen LogP contribution in [0.2, 0.25) is 0 Å². The van der Waals surface area contributed by atoms with Crippen molar-refractivity contribution < 1.29 is 46.7 Å². The van der Waals surface area contributed by atoms with Crippen LogP contribution in [-0.2, 0) is 19.0 Å². The predicted molar refractivity (Wildman–Crippen MR) is 117 cm³/mol. The minimum atomic E-state index is -5.43. The Kier molecular flexibility index (Phi) is 7.87. The van der Waals surface area contributed by atoms with E-state index < -0.39 is 53.7 Å². The van der Waals surface area contributed by atoms with E-state index >= 15 is 0 Å². The van der Waals surface area contributed by atoms with Crippen molar-refractivity contribution in [3.05, 3.63) is 54.1 Å². The van der Waals surface area contributed by atoms with E-state index in [4.69, 9.17) is 15.9 Å². The van der Waals surface area contributed by atoms with E-state index in [0.717, 1.165) is 24.5 Å². The molecular formula is C17H21N3O10P2S. The molecule has 0 aromatic heterocycles. The fourth-order valence-electron chi connectivity index (χ4n) is 2.65. The number of rotatable bonds is 8. The van der Waals surface area contributed by atoms with E-state index in [1.807, 2.05) is 0 Å². The highest BCUT2D eigenvalue weighted by Gasteiger charge is 2.45. The smallest absolute Gasteiger partial charge is 0.342 e. The number of sulfone groups is 1. The third kappa shape index (κ3) is 6.95. The van der Waals surface area contributed by atoms with Gasteiger partial charge in [0.25, 0.3) is 5.91 Å². The SMILES string of the molecule is CS(=O)(=O)c1cc(C(=O)N(CC(P(=O)(O)O)P(=O)(O)O)C(=N)N)ccc1Oc1ccccc1. The van der Waals surface area contributed by atoms with Crippen LogP contribution in [0.4, 0.5) is 0 Å². The van der Waals surface area contributed by atoms with Gasteiger partial charge >= 0.3 is 15.2 Å². The van der Waals surface area contributed by atoms with Crippen LogP contribution in [0.25, 0.3) is 0 Å². The van der Waals surface area contributed by atoms with E-state index in [9.17, 15) is 41.9 Å². The molecule has 2 aromatic rings. The van der Waals surface area contributed by atoms with E-state index in [2.05, 4.69) is 0 Å². The molecule has 0 saturated carbocycles. The standard InChI is InChI=1S/C17H21N3O10P2S/c1-33(28,29)14-9-11(7-8-13(14)30-12-5-3-2-4-6-12)16(21)20(17(18)19)10-15(31(22,23)24)32(25,26)27/h2-9,15H,10H2,1H3,(H3,18,19)(H2,22,23,24)(H2,25,26,27). The number of carbonyl (C=O) groups excluding carboxylic acids is 1. The Morgan fingerprint density at radius 2 is 1.64 bits per heavy atom. The average Bonchev–Trinajstić information content (AvgIpc) is 2.66. The van der Waals surface area contributed by atoms with Gasteiger partial charge in [0, 0.05) is 11.8 Å². The second-order valence-electron chi connectivity index (χ2n) is 6.81. The van der Waals surface area contributed by atoms with Gasteiger partial charge in [-0.15, -0.1) is 0 Å². The van der Waals surface area contributed by atoms with Crippen LogP contribution >= 0.6 is 15.2 Å². The Morgan fingerprint density at radius 1 is 1.09 bits per heavy atom. The number of ether oxygens (including phenoxy) is 1. The molecule has 0 aliphatic carbocycles. The summed E-state index contributed by atoms with van der Waals surface area (Å²) in [6.07, 6.45) is 0.856. The first-order valence-electron chi connectivity index (χ1n) is 8.85. The van der Waals surface area contributed by atoms with Gasteiger partial charge < -0.3 is 30.0 Å². The summed E-state index contributed by atoms with van der Waals surface area (Å²) in [5.41, 5.74) is 4.92. The molecule has 0 atom stereocenters. The first kappa shape index (κ1) is 26.7. The quantitative estimate of drug-likeness (QED) is 0.162. The minimum Gasteiger partial charge on any atom is -0.456 e. The molecule has 2 rings (SSSR count). The van der Waals surface area contributed by atoms with Crippen molar-refractivity contribution in [2.75, 3.05) is 12.8 Å². The molecule has 2 aromatic carbocycles. The van der Waals surface area contributed by atoms with E-state index in [1.54, 1.807) is 30.3 Å². The Bertz CT molecular complexity index is 1240. The summed E-state index contributed by atoms with van der Waals surface area (Å²) < 4.78 is 53.2.